The van der Waals surface area contributed by atoms with Gasteiger partial charge >= 0.3 is 0 Å². The van der Waals surface area contributed by atoms with E-state index < -0.39 is 0 Å². The van der Waals surface area contributed by atoms with Crippen LogP contribution in [0.3, 0.4) is 0 Å². The Kier molecular flexibility index (Phi) is 39.1. The Hall–Kier alpha value is -3.90. The van der Waals surface area contributed by atoms with Crippen LogP contribution in [0.25, 0.3) is 22.3 Å². The Bertz CT molecular complexity index is 1400. The van der Waals surface area contributed by atoms with Crippen molar-refractivity contribution < 1.29 is 0 Å². The van der Waals surface area contributed by atoms with Crippen molar-refractivity contribution in [3.8, 4) is 22.3 Å². The smallest absolute Gasteiger partial charge is 0.0181 e. The molecule has 0 saturated carbocycles. The van der Waals surface area contributed by atoms with E-state index in [4.69, 9.17) is 0 Å². The third-order valence-corrected chi connectivity index (χ3v) is 6.93. The summed E-state index contributed by atoms with van der Waals surface area (Å²) >= 11 is 0. The van der Waals surface area contributed by atoms with E-state index in [2.05, 4.69) is 199 Å². The van der Waals surface area contributed by atoms with Gasteiger partial charge < -0.3 is 0 Å². The molecule has 0 saturated heterocycles. The normalized spacial score (nSPS) is 9.24. The van der Waals surface area contributed by atoms with Crippen molar-refractivity contribution in [2.24, 2.45) is 5.41 Å². The van der Waals surface area contributed by atoms with Crippen molar-refractivity contribution in [1.29, 1.82) is 0 Å². The monoisotopic (exact) mass is 733 g/mol. The second kappa shape index (κ2) is 38.8. The minimum absolute atomic E-state index is 0.500. The maximum Gasteiger partial charge on any atom is -0.0181 e. The molecule has 0 heteroatoms. The predicted octanol–water partition coefficient (Wildman–Crippen LogP) is 18.6. The third-order valence-electron chi connectivity index (χ3n) is 6.93. The number of hydrogen-bond acceptors (Lipinski definition) is 0. The van der Waals surface area contributed by atoms with Crippen molar-refractivity contribution in [2.45, 2.75) is 155 Å². The van der Waals surface area contributed by atoms with Crippen LogP contribution in [0.15, 0.2) is 140 Å². The summed E-state index contributed by atoms with van der Waals surface area (Å²) in [5.74, 6) is 0. The topological polar surface area (TPSA) is 0 Å². The average molecular weight is 733 g/mol. The van der Waals surface area contributed by atoms with Gasteiger partial charge in [-0.15, -0.1) is 0 Å². The summed E-state index contributed by atoms with van der Waals surface area (Å²) in [6.45, 7) is 32.2. The van der Waals surface area contributed by atoms with Crippen LogP contribution in [0, 0.1) is 26.2 Å². The Balaban J connectivity index is -0.000000591. The van der Waals surface area contributed by atoms with Gasteiger partial charge in [-0.25, -0.2) is 0 Å². The third kappa shape index (κ3) is 37.8. The van der Waals surface area contributed by atoms with Crippen LogP contribution in [-0.2, 0) is 0 Å². The van der Waals surface area contributed by atoms with Crippen LogP contribution >= 0.6 is 0 Å². The van der Waals surface area contributed by atoms with Crippen LogP contribution in [0.5, 0.6) is 0 Å². The molecule has 0 N–H and O–H groups in total. The molecule has 0 aliphatic rings. The van der Waals surface area contributed by atoms with Crippen LogP contribution in [-0.4, -0.2) is 0 Å². The molecule has 0 bridgehead atoms. The highest BCUT2D eigenvalue weighted by atomic mass is 14.0. The number of unbranched alkanes of at least 4 members (excludes halogenated alkanes) is 5. The van der Waals surface area contributed by atoms with Gasteiger partial charge in [0.25, 0.3) is 0 Å². The highest BCUT2D eigenvalue weighted by molar-refractivity contribution is 5.64. The van der Waals surface area contributed by atoms with Gasteiger partial charge in [-0.3, -0.25) is 0 Å². The van der Waals surface area contributed by atoms with E-state index in [1.54, 1.807) is 0 Å². The summed E-state index contributed by atoms with van der Waals surface area (Å²) in [7, 11) is 0. The average Bonchev–Trinajstić information content (AvgIpc) is 3.18. The van der Waals surface area contributed by atoms with E-state index in [0.29, 0.717) is 5.41 Å². The number of hydrogen-bond donors (Lipinski definition) is 0. The Morgan fingerprint density at radius 2 is 0.630 bits per heavy atom. The van der Waals surface area contributed by atoms with Crippen molar-refractivity contribution >= 4 is 0 Å². The molecule has 0 heterocycles. The van der Waals surface area contributed by atoms with Gasteiger partial charge in [0.05, 0.1) is 0 Å². The van der Waals surface area contributed by atoms with E-state index in [1.807, 2.05) is 44.2 Å². The zero-order chi connectivity index (χ0) is 41.5. The SMILES string of the molecule is CC.CC(C)(C)C.CCC.CCCC.CCCCCCC.Cc1ccc(-c2ccccc2)cc1.Cc1cccc(-c2ccccc2)c1.Cc1ccccc1. The molecule has 5 rings (SSSR count). The molecule has 5 aromatic carbocycles. The van der Waals surface area contributed by atoms with Crippen molar-refractivity contribution in [3.05, 3.63) is 156 Å². The molecule has 5 aromatic rings. The Morgan fingerprint density at radius 1 is 0.333 bits per heavy atom. The lowest BCUT2D eigenvalue weighted by molar-refractivity contribution is 0.469. The Labute approximate surface area is 337 Å². The molecule has 0 aliphatic heterocycles. The maximum absolute atomic E-state index is 2.25. The summed E-state index contributed by atoms with van der Waals surface area (Å²) in [6.07, 6.45) is 10.9. The van der Waals surface area contributed by atoms with Gasteiger partial charge in [-0.2, -0.15) is 0 Å². The Morgan fingerprint density at radius 3 is 0.944 bits per heavy atom. The highest BCUT2D eigenvalue weighted by Gasteiger charge is 1.96. The molecule has 0 aliphatic carbocycles. The second-order valence-electron chi connectivity index (χ2n) is 14.9. The van der Waals surface area contributed by atoms with E-state index in [-0.39, 0.29) is 0 Å². The predicted molar refractivity (Wildman–Crippen MR) is 252 cm³/mol. The van der Waals surface area contributed by atoms with Crippen molar-refractivity contribution in [3.63, 3.8) is 0 Å². The second-order valence-corrected chi connectivity index (χ2v) is 14.9. The first kappa shape index (κ1) is 54.4. The molecule has 0 spiro atoms. The molecule has 54 heavy (non-hydrogen) atoms. The zero-order valence-electron chi connectivity index (χ0n) is 37.9. The molecule has 0 unspecified atom stereocenters. The molecule has 300 valence electrons. The summed E-state index contributed by atoms with van der Waals surface area (Å²) in [6, 6.07) is 48.3. The summed E-state index contributed by atoms with van der Waals surface area (Å²) < 4.78 is 0. The highest BCUT2D eigenvalue weighted by Crippen LogP contribution is 2.20. The fraction of sp³-hybridized carbons (Fsp3) is 0.444. The summed E-state index contributed by atoms with van der Waals surface area (Å²) in [4.78, 5) is 0. The zero-order valence-corrected chi connectivity index (χ0v) is 37.9. The lowest BCUT2D eigenvalue weighted by atomic mass is 10.0. The number of rotatable bonds is 7. The van der Waals surface area contributed by atoms with Gasteiger partial charge in [0.2, 0.25) is 0 Å². The van der Waals surface area contributed by atoms with Crippen molar-refractivity contribution in [2.75, 3.05) is 0 Å². The molecule has 0 amide bonds. The maximum atomic E-state index is 2.25. The van der Waals surface area contributed by atoms with Gasteiger partial charge in [0, 0.05) is 0 Å². The van der Waals surface area contributed by atoms with Gasteiger partial charge in [0.1, 0.15) is 0 Å². The lowest BCUT2D eigenvalue weighted by Gasteiger charge is -2.05. The molecule has 0 aromatic heterocycles. The van der Waals surface area contributed by atoms with Gasteiger partial charge in [-0.05, 0) is 48.4 Å². The summed E-state index contributed by atoms with van der Waals surface area (Å²) in [5.41, 5.74) is 9.57. The molecule has 0 nitrogen and oxygen atoms in total. The quantitative estimate of drug-likeness (QED) is 0.146. The summed E-state index contributed by atoms with van der Waals surface area (Å²) in [5, 5.41) is 0. The van der Waals surface area contributed by atoms with Crippen LogP contribution < -0.4 is 0 Å². The van der Waals surface area contributed by atoms with Gasteiger partial charge in [0.15, 0.2) is 0 Å². The van der Waals surface area contributed by atoms with Crippen LogP contribution in [0.4, 0.5) is 0 Å². The standard InChI is InChI=1S/2C13H12.C7H8.C7H16.C5H12.C4H10.C3H8.C2H6/c1-11-6-5-9-13(10-11)12-7-3-2-4-8-12;1-11-7-9-13(10-8-11)12-5-3-2-4-6-12;1-7-5-3-2-4-6-7;1-3-5-7-6-4-2;1-5(2,3)4;1-3-4-2;1-3-2;1-2/h2*2-10H,1H3;2-6H,1H3;3-7H2,1-2H3;1-4H3;3-4H2,1-2H3;3H2,1-2H3;1-2H3. The van der Waals surface area contributed by atoms with Crippen LogP contribution in [0.1, 0.15) is 151 Å². The molecule has 0 fully saturated rings. The molecule has 0 atom stereocenters. The fourth-order valence-corrected chi connectivity index (χ4v) is 4.04. The number of benzene rings is 5. The lowest BCUT2D eigenvalue weighted by Crippen LogP contribution is -1.93. The van der Waals surface area contributed by atoms with E-state index >= 15 is 0 Å². The first-order valence-corrected chi connectivity index (χ1v) is 21.1. The first-order valence-electron chi connectivity index (χ1n) is 21.1. The minimum atomic E-state index is 0.500. The van der Waals surface area contributed by atoms with E-state index in [0.717, 1.165) is 0 Å². The molecular weight excluding hydrogens is 649 g/mol. The van der Waals surface area contributed by atoms with Gasteiger partial charge in [-0.1, -0.05) is 291 Å². The van der Waals surface area contributed by atoms with E-state index in [9.17, 15) is 0 Å². The van der Waals surface area contributed by atoms with E-state index in [1.165, 1.54) is 90.3 Å². The van der Waals surface area contributed by atoms with Crippen molar-refractivity contribution in [1.82, 2.24) is 0 Å². The first-order chi connectivity index (χ1) is 25.9. The molecule has 0 radical (unpaired) electrons. The minimum Gasteiger partial charge on any atom is -0.0683 e. The van der Waals surface area contributed by atoms with Crippen LogP contribution in [0.2, 0.25) is 0 Å². The number of aryl methyl sites for hydroxylation is 3. The largest absolute Gasteiger partial charge is 0.0683 e. The molecular formula is C54H84. The fourth-order valence-electron chi connectivity index (χ4n) is 4.04.